The van der Waals surface area contributed by atoms with Crippen LogP contribution < -0.4 is 0 Å². The molecule has 1 aliphatic rings. The fourth-order valence-corrected chi connectivity index (χ4v) is 2.99. The molecule has 0 amide bonds. The normalized spacial score (nSPS) is 20.2. The highest BCUT2D eigenvalue weighted by molar-refractivity contribution is 5.66. The van der Waals surface area contributed by atoms with E-state index in [1.54, 1.807) is 6.08 Å². The summed E-state index contributed by atoms with van der Waals surface area (Å²) in [5, 5.41) is 0. The Morgan fingerprint density at radius 2 is 1.55 bits per heavy atom. The molecule has 0 saturated heterocycles. The molecule has 0 saturated carbocycles. The number of benzene rings is 1. The van der Waals surface area contributed by atoms with Crippen LogP contribution in [0, 0.1) is 0 Å². The van der Waals surface area contributed by atoms with Gasteiger partial charge in [-0.25, -0.2) is 0 Å². The number of carbonyl (C=O) groups excluding carboxylic acids is 1. The molecule has 0 bridgehead atoms. The number of hydrogen-bond donors (Lipinski definition) is 0. The van der Waals surface area contributed by atoms with Crippen molar-refractivity contribution in [1.29, 1.82) is 0 Å². The molecule has 1 aliphatic carbocycles. The first-order chi connectivity index (χ1) is 9.37. The van der Waals surface area contributed by atoms with Crippen molar-refractivity contribution in [3.63, 3.8) is 0 Å². The van der Waals surface area contributed by atoms with E-state index >= 15 is 0 Å². The average molecular weight is 268 g/mol. The van der Waals surface area contributed by atoms with E-state index in [-0.39, 0.29) is 10.8 Å². The monoisotopic (exact) mass is 268 g/mol. The SMILES string of the molecule is CC1(C)CCC(C)(C)c2cc(/C=C/C=C\C=O)ccc21. The van der Waals surface area contributed by atoms with E-state index in [0.29, 0.717) is 0 Å². The van der Waals surface area contributed by atoms with Gasteiger partial charge in [0.05, 0.1) is 0 Å². The zero-order chi connectivity index (χ0) is 14.8. The molecule has 0 fully saturated rings. The first-order valence-electron chi connectivity index (χ1n) is 7.30. The molecule has 0 heterocycles. The molecule has 1 heteroatoms. The smallest absolute Gasteiger partial charge is 0.142 e. The molecule has 0 aromatic heterocycles. The molecule has 2 rings (SSSR count). The second-order valence-corrected chi connectivity index (χ2v) is 6.95. The first kappa shape index (κ1) is 14.8. The summed E-state index contributed by atoms with van der Waals surface area (Å²) in [6.45, 7) is 9.34. The minimum Gasteiger partial charge on any atom is -0.299 e. The summed E-state index contributed by atoms with van der Waals surface area (Å²) in [6.07, 6.45) is 10.5. The zero-order valence-corrected chi connectivity index (χ0v) is 12.9. The Morgan fingerprint density at radius 3 is 2.20 bits per heavy atom. The van der Waals surface area contributed by atoms with Gasteiger partial charge in [0.25, 0.3) is 0 Å². The van der Waals surface area contributed by atoms with E-state index in [9.17, 15) is 4.79 Å². The molecule has 0 spiro atoms. The highest BCUT2D eigenvalue weighted by Gasteiger charge is 2.36. The second kappa shape index (κ2) is 5.40. The predicted molar refractivity (Wildman–Crippen MR) is 86.0 cm³/mol. The molecule has 1 nitrogen and oxygen atoms in total. The Morgan fingerprint density at radius 1 is 0.900 bits per heavy atom. The lowest BCUT2D eigenvalue weighted by Crippen LogP contribution is -2.33. The lowest BCUT2D eigenvalue weighted by atomic mass is 9.63. The number of aldehydes is 1. The molecular weight excluding hydrogens is 244 g/mol. The van der Waals surface area contributed by atoms with Gasteiger partial charge in [-0.1, -0.05) is 64.1 Å². The van der Waals surface area contributed by atoms with Crippen molar-refractivity contribution in [2.75, 3.05) is 0 Å². The van der Waals surface area contributed by atoms with E-state index in [1.165, 1.54) is 35.6 Å². The van der Waals surface area contributed by atoms with Crippen molar-refractivity contribution in [3.05, 3.63) is 53.1 Å². The maximum atomic E-state index is 10.2. The van der Waals surface area contributed by atoms with Crippen LogP contribution >= 0.6 is 0 Å². The Bertz CT molecular complexity index is 559. The standard InChI is InChI=1S/C19H24O/c1-18(2)11-12-19(3,4)17-14-15(9-10-16(17)18)8-6-5-7-13-20/h5-10,13-14H,11-12H2,1-4H3/b7-5-,8-6+. The van der Waals surface area contributed by atoms with Crippen molar-refractivity contribution in [3.8, 4) is 0 Å². The first-order valence-corrected chi connectivity index (χ1v) is 7.30. The van der Waals surface area contributed by atoms with E-state index in [0.717, 1.165) is 6.29 Å². The van der Waals surface area contributed by atoms with Crippen LogP contribution in [-0.4, -0.2) is 6.29 Å². The largest absolute Gasteiger partial charge is 0.299 e. The van der Waals surface area contributed by atoms with Crippen molar-refractivity contribution < 1.29 is 4.79 Å². The van der Waals surface area contributed by atoms with E-state index < -0.39 is 0 Å². The van der Waals surface area contributed by atoms with Crippen LogP contribution in [0.4, 0.5) is 0 Å². The number of carbonyl (C=O) groups is 1. The Kier molecular flexibility index (Phi) is 3.99. The Balaban J connectivity index is 2.41. The van der Waals surface area contributed by atoms with Gasteiger partial charge >= 0.3 is 0 Å². The summed E-state index contributed by atoms with van der Waals surface area (Å²) in [5.74, 6) is 0. The van der Waals surface area contributed by atoms with Gasteiger partial charge in [0.2, 0.25) is 0 Å². The maximum absolute atomic E-state index is 10.2. The van der Waals surface area contributed by atoms with Crippen molar-refractivity contribution in [2.24, 2.45) is 0 Å². The summed E-state index contributed by atoms with van der Waals surface area (Å²) < 4.78 is 0. The summed E-state index contributed by atoms with van der Waals surface area (Å²) >= 11 is 0. The fraction of sp³-hybridized carbons (Fsp3) is 0.421. The van der Waals surface area contributed by atoms with Crippen molar-refractivity contribution in [2.45, 2.75) is 51.4 Å². The predicted octanol–water partition coefficient (Wildman–Crippen LogP) is 4.80. The van der Waals surface area contributed by atoms with Gasteiger partial charge in [-0.15, -0.1) is 0 Å². The van der Waals surface area contributed by atoms with Crippen LogP contribution in [0.3, 0.4) is 0 Å². The molecule has 0 N–H and O–H groups in total. The van der Waals surface area contributed by atoms with Gasteiger partial charge in [-0.3, -0.25) is 4.79 Å². The quantitative estimate of drug-likeness (QED) is 0.437. The van der Waals surface area contributed by atoms with Crippen molar-refractivity contribution >= 4 is 12.4 Å². The minimum absolute atomic E-state index is 0.243. The van der Waals surface area contributed by atoms with Crippen molar-refractivity contribution in [1.82, 2.24) is 0 Å². The molecule has 1 aromatic carbocycles. The average Bonchev–Trinajstić information content (AvgIpc) is 2.40. The van der Waals surface area contributed by atoms with E-state index in [4.69, 9.17) is 0 Å². The fourth-order valence-electron chi connectivity index (χ4n) is 2.99. The van der Waals surface area contributed by atoms with Crippen LogP contribution in [0.5, 0.6) is 0 Å². The summed E-state index contributed by atoms with van der Waals surface area (Å²) in [5.41, 5.74) is 4.66. The highest BCUT2D eigenvalue weighted by Crippen LogP contribution is 2.45. The molecule has 0 aliphatic heterocycles. The minimum atomic E-state index is 0.243. The second-order valence-electron chi connectivity index (χ2n) is 6.95. The third-order valence-corrected chi connectivity index (χ3v) is 4.47. The van der Waals surface area contributed by atoms with Crippen LogP contribution in [-0.2, 0) is 15.6 Å². The van der Waals surface area contributed by atoms with E-state index in [1.807, 2.05) is 6.08 Å². The maximum Gasteiger partial charge on any atom is 0.142 e. The van der Waals surface area contributed by atoms with Gasteiger partial charge in [-0.2, -0.15) is 0 Å². The Labute approximate surface area is 122 Å². The number of hydrogen-bond acceptors (Lipinski definition) is 1. The van der Waals surface area contributed by atoms with E-state index in [2.05, 4.69) is 52.0 Å². The molecule has 1 aromatic rings. The van der Waals surface area contributed by atoms with Gasteiger partial charge in [0.15, 0.2) is 0 Å². The van der Waals surface area contributed by atoms with Gasteiger partial charge in [0, 0.05) is 0 Å². The topological polar surface area (TPSA) is 17.1 Å². The number of allylic oxidation sites excluding steroid dienone is 3. The lowest BCUT2D eigenvalue weighted by Gasteiger charge is -2.42. The van der Waals surface area contributed by atoms with Gasteiger partial charge < -0.3 is 0 Å². The molecule has 20 heavy (non-hydrogen) atoms. The van der Waals surface area contributed by atoms with Crippen LogP contribution in [0.1, 0.15) is 57.2 Å². The molecule has 0 unspecified atom stereocenters. The van der Waals surface area contributed by atoms with Crippen LogP contribution in [0.15, 0.2) is 36.4 Å². The third kappa shape index (κ3) is 2.92. The van der Waals surface area contributed by atoms with Gasteiger partial charge in [-0.05, 0) is 46.4 Å². The third-order valence-electron chi connectivity index (χ3n) is 4.47. The number of rotatable bonds is 3. The zero-order valence-electron chi connectivity index (χ0n) is 12.9. The number of fused-ring (bicyclic) bond motifs is 1. The Hall–Kier alpha value is -1.63. The molecule has 0 radical (unpaired) electrons. The van der Waals surface area contributed by atoms with Crippen LogP contribution in [0.2, 0.25) is 0 Å². The van der Waals surface area contributed by atoms with Crippen LogP contribution in [0.25, 0.3) is 6.08 Å². The summed E-state index contributed by atoms with van der Waals surface area (Å²) in [4.78, 5) is 10.2. The lowest BCUT2D eigenvalue weighted by molar-refractivity contribution is -0.104. The summed E-state index contributed by atoms with van der Waals surface area (Å²) in [7, 11) is 0. The molecule has 106 valence electrons. The van der Waals surface area contributed by atoms with Gasteiger partial charge in [0.1, 0.15) is 6.29 Å². The summed E-state index contributed by atoms with van der Waals surface area (Å²) in [6, 6.07) is 6.76. The molecular formula is C19H24O. The highest BCUT2D eigenvalue weighted by atomic mass is 16.1. The molecule has 0 atom stereocenters.